The van der Waals surface area contributed by atoms with E-state index in [-0.39, 0.29) is 0 Å². The highest BCUT2D eigenvalue weighted by Crippen LogP contribution is 2.46. The monoisotopic (exact) mass is 488 g/mol. The maximum Gasteiger partial charge on any atom is 0.392 e. The minimum Gasteiger partial charge on any atom is -0.394 e. The molecule has 16 heteroatoms. The molecule has 192 valence electrons. The van der Waals surface area contributed by atoms with Gasteiger partial charge in [-0.3, -0.25) is 0 Å². The van der Waals surface area contributed by atoms with Gasteiger partial charge in [0, 0.05) is 6.92 Å². The van der Waals surface area contributed by atoms with Crippen molar-refractivity contribution in [3.05, 3.63) is 0 Å². The maximum absolute atomic E-state index is 12.6. The molecule has 2 aliphatic heterocycles. The Labute approximate surface area is 186 Å². The fraction of sp³-hybridized carbons (Fsp3) is 0.882. The van der Waals surface area contributed by atoms with E-state index in [0.29, 0.717) is 6.92 Å². The lowest BCUT2D eigenvalue weighted by molar-refractivity contribution is -0.464. The van der Waals surface area contributed by atoms with Gasteiger partial charge < -0.3 is 60.2 Å². The standard InChI is InChI=1S/C17H28O16/c1-6(21)31-32-14(27)15(2,28)17(13(26)11(24)9(22)7(3-18)30-17)33-16(5-20)12(25)10(23)8(4-19)29-16/h7-13,18-20,22-26,28H,3-5H2,1-2H3/t7-,8-,9-,10-,11+,12+,13-,15?,16?,17-/m1/s1. The molecule has 0 amide bonds. The lowest BCUT2D eigenvalue weighted by Gasteiger charge is -2.54. The molecule has 0 aromatic heterocycles. The lowest BCUT2D eigenvalue weighted by atomic mass is 9.81. The largest absolute Gasteiger partial charge is 0.394 e. The third-order valence-electron chi connectivity index (χ3n) is 5.49. The number of ether oxygens (including phenoxy) is 3. The Bertz CT molecular complexity index is 713. The van der Waals surface area contributed by atoms with E-state index in [2.05, 4.69) is 9.78 Å². The van der Waals surface area contributed by atoms with Crippen LogP contribution < -0.4 is 0 Å². The molecule has 9 N–H and O–H groups in total. The van der Waals surface area contributed by atoms with Crippen LogP contribution in [0.5, 0.6) is 0 Å². The third-order valence-corrected chi connectivity index (χ3v) is 5.49. The molecule has 33 heavy (non-hydrogen) atoms. The lowest BCUT2D eigenvalue weighted by Crippen LogP contribution is -2.78. The molecule has 0 radical (unpaired) electrons. The van der Waals surface area contributed by atoms with E-state index in [1.165, 1.54) is 0 Å². The van der Waals surface area contributed by atoms with E-state index in [0.717, 1.165) is 6.92 Å². The summed E-state index contributed by atoms with van der Waals surface area (Å²) < 4.78 is 15.9. The van der Waals surface area contributed by atoms with E-state index in [9.17, 15) is 55.5 Å². The second-order valence-corrected chi connectivity index (χ2v) is 7.80. The number of aliphatic hydroxyl groups is 9. The molecule has 2 rings (SSSR count). The van der Waals surface area contributed by atoms with Crippen LogP contribution in [0.15, 0.2) is 0 Å². The fourth-order valence-corrected chi connectivity index (χ4v) is 3.56. The van der Waals surface area contributed by atoms with Crippen LogP contribution in [0.1, 0.15) is 13.8 Å². The van der Waals surface area contributed by atoms with Crippen molar-refractivity contribution in [3.63, 3.8) is 0 Å². The molecule has 16 nitrogen and oxygen atoms in total. The first-order valence-electron chi connectivity index (χ1n) is 9.65. The Morgan fingerprint density at radius 1 is 0.879 bits per heavy atom. The third kappa shape index (κ3) is 4.57. The Morgan fingerprint density at radius 3 is 1.88 bits per heavy atom. The summed E-state index contributed by atoms with van der Waals surface area (Å²) in [5.41, 5.74) is -3.29. The average Bonchev–Trinajstić information content (AvgIpc) is 3.02. The molecule has 10 atom stereocenters. The van der Waals surface area contributed by atoms with Crippen molar-refractivity contribution in [1.29, 1.82) is 0 Å². The van der Waals surface area contributed by atoms with Crippen molar-refractivity contribution in [2.45, 2.75) is 73.8 Å². The van der Waals surface area contributed by atoms with E-state index < -0.39 is 91.7 Å². The van der Waals surface area contributed by atoms with Crippen LogP contribution in [0, 0.1) is 0 Å². The van der Waals surface area contributed by atoms with Gasteiger partial charge in [-0.05, 0) is 6.92 Å². The van der Waals surface area contributed by atoms with Crippen molar-refractivity contribution in [3.8, 4) is 0 Å². The molecule has 2 aliphatic rings. The normalized spacial score (nSPS) is 43.1. The maximum atomic E-state index is 12.6. The van der Waals surface area contributed by atoms with E-state index in [1.54, 1.807) is 0 Å². The summed E-state index contributed by atoms with van der Waals surface area (Å²) in [6.45, 7) is -1.87. The van der Waals surface area contributed by atoms with Gasteiger partial charge in [0.25, 0.3) is 0 Å². The molecule has 0 aliphatic carbocycles. The van der Waals surface area contributed by atoms with Gasteiger partial charge in [-0.1, -0.05) is 0 Å². The number of hydrogen-bond donors (Lipinski definition) is 9. The fourth-order valence-electron chi connectivity index (χ4n) is 3.56. The molecule has 2 fully saturated rings. The highest BCUT2D eigenvalue weighted by Gasteiger charge is 2.72. The first-order valence-corrected chi connectivity index (χ1v) is 9.65. The summed E-state index contributed by atoms with van der Waals surface area (Å²) in [7, 11) is 0. The number of aliphatic hydroxyl groups excluding tert-OH is 8. The minimum absolute atomic E-state index is 0.591. The molecule has 0 aromatic carbocycles. The molecule has 0 spiro atoms. The van der Waals surface area contributed by atoms with Gasteiger partial charge in [0.05, 0.1) is 13.2 Å². The molecule has 0 saturated carbocycles. The second kappa shape index (κ2) is 9.98. The first kappa shape index (κ1) is 27.7. The zero-order chi connectivity index (χ0) is 25.4. The molecule has 2 unspecified atom stereocenters. The van der Waals surface area contributed by atoms with Crippen molar-refractivity contribution in [2.75, 3.05) is 19.8 Å². The Morgan fingerprint density at radius 2 is 1.42 bits per heavy atom. The van der Waals surface area contributed by atoms with Crippen molar-refractivity contribution in [2.24, 2.45) is 0 Å². The van der Waals surface area contributed by atoms with Crippen LogP contribution in [0.2, 0.25) is 0 Å². The number of rotatable bonds is 7. The van der Waals surface area contributed by atoms with Crippen LogP contribution in [0.3, 0.4) is 0 Å². The Balaban J connectivity index is 2.62. The molecule has 0 aromatic rings. The van der Waals surface area contributed by atoms with Crippen LogP contribution in [0.25, 0.3) is 0 Å². The van der Waals surface area contributed by atoms with Crippen LogP contribution in [-0.2, 0) is 33.6 Å². The molecule has 0 bridgehead atoms. The number of carbonyl (C=O) groups is 2. The van der Waals surface area contributed by atoms with Gasteiger partial charge in [0.2, 0.25) is 17.2 Å². The van der Waals surface area contributed by atoms with E-state index in [4.69, 9.17) is 14.2 Å². The summed E-state index contributed by atoms with van der Waals surface area (Å²) >= 11 is 0. The van der Waals surface area contributed by atoms with Gasteiger partial charge in [-0.25, -0.2) is 19.4 Å². The second-order valence-electron chi connectivity index (χ2n) is 7.80. The average molecular weight is 488 g/mol. The van der Waals surface area contributed by atoms with E-state index >= 15 is 0 Å². The Hall–Kier alpha value is -1.54. The number of hydrogen-bond acceptors (Lipinski definition) is 16. The van der Waals surface area contributed by atoms with Crippen LogP contribution in [0.4, 0.5) is 0 Å². The van der Waals surface area contributed by atoms with Gasteiger partial charge in [0.1, 0.15) is 49.3 Å². The molecule has 2 saturated heterocycles. The summed E-state index contributed by atoms with van der Waals surface area (Å²) in [5.74, 6) is -9.12. The molecular formula is C17H28O16. The Kier molecular flexibility index (Phi) is 8.38. The summed E-state index contributed by atoms with van der Waals surface area (Å²) in [6.07, 6.45) is -14.3. The number of carbonyl (C=O) groups excluding carboxylic acids is 2. The van der Waals surface area contributed by atoms with Gasteiger partial charge in [-0.15, -0.1) is 0 Å². The van der Waals surface area contributed by atoms with Crippen LogP contribution >= 0.6 is 0 Å². The highest BCUT2D eigenvalue weighted by atomic mass is 17.2. The van der Waals surface area contributed by atoms with Crippen molar-refractivity contribution >= 4 is 11.9 Å². The van der Waals surface area contributed by atoms with E-state index in [1.807, 2.05) is 0 Å². The smallest absolute Gasteiger partial charge is 0.392 e. The predicted molar refractivity (Wildman–Crippen MR) is 96.1 cm³/mol. The summed E-state index contributed by atoms with van der Waals surface area (Å²) in [5, 5.41) is 91.4. The van der Waals surface area contributed by atoms with Crippen LogP contribution in [-0.4, -0.2) is 138 Å². The highest BCUT2D eigenvalue weighted by molar-refractivity contribution is 5.81. The summed E-state index contributed by atoms with van der Waals surface area (Å²) in [6, 6.07) is 0. The SMILES string of the molecule is CC(=O)OOC(=O)C(C)(O)[C@@]1(OC2(CO)O[C@H](CO)[C@@H](O)[C@@H]2O)O[C@H](CO)[C@@H](O)[C@H](O)[C@H]1O. The van der Waals surface area contributed by atoms with Gasteiger partial charge in [-0.2, -0.15) is 0 Å². The molecular weight excluding hydrogens is 460 g/mol. The quantitative estimate of drug-likeness (QED) is 0.119. The predicted octanol–water partition coefficient (Wildman–Crippen LogP) is -6.25. The first-order chi connectivity index (χ1) is 15.2. The zero-order valence-electron chi connectivity index (χ0n) is 17.5. The topological polar surface area (TPSA) is 262 Å². The van der Waals surface area contributed by atoms with Gasteiger partial charge >= 0.3 is 11.9 Å². The zero-order valence-corrected chi connectivity index (χ0v) is 17.5. The van der Waals surface area contributed by atoms with Gasteiger partial charge in [0.15, 0.2) is 0 Å². The minimum atomic E-state index is -3.32. The molecule has 2 heterocycles. The summed E-state index contributed by atoms with van der Waals surface area (Å²) in [4.78, 5) is 31.8. The van der Waals surface area contributed by atoms with Crippen molar-refractivity contribution in [1.82, 2.24) is 0 Å². The van der Waals surface area contributed by atoms with Crippen molar-refractivity contribution < 1.29 is 79.5 Å².